The smallest absolute Gasteiger partial charge is 0.145 e. The van der Waals surface area contributed by atoms with Crippen molar-refractivity contribution in [2.75, 3.05) is 4.90 Å². The van der Waals surface area contributed by atoms with Crippen molar-refractivity contribution in [3.05, 3.63) is 255 Å². The van der Waals surface area contributed by atoms with Crippen LogP contribution in [0, 0.1) is 0 Å². The zero-order valence-electron chi connectivity index (χ0n) is 36.6. The molecule has 2 heterocycles. The zero-order chi connectivity index (χ0) is 44.3. The molecule has 67 heavy (non-hydrogen) atoms. The van der Waals surface area contributed by atoms with Crippen molar-refractivity contribution in [1.82, 2.24) is 4.57 Å². The van der Waals surface area contributed by atoms with Gasteiger partial charge in [0.2, 0.25) is 0 Å². The van der Waals surface area contributed by atoms with E-state index >= 15 is 0 Å². The molecule has 0 aliphatic carbocycles. The van der Waals surface area contributed by atoms with Crippen LogP contribution in [0.2, 0.25) is 0 Å². The summed E-state index contributed by atoms with van der Waals surface area (Å²) in [5.41, 5.74) is 17.7. The number of benzene rings is 11. The molecule has 13 rings (SSSR count). The van der Waals surface area contributed by atoms with Gasteiger partial charge in [-0.2, -0.15) is 0 Å². The number of para-hydroxylation sites is 2. The minimum absolute atomic E-state index is 0.885. The number of anilines is 3. The van der Waals surface area contributed by atoms with E-state index in [0.717, 1.165) is 88.7 Å². The second-order valence-corrected chi connectivity index (χ2v) is 17.3. The Hall–Kier alpha value is -8.92. The summed E-state index contributed by atoms with van der Waals surface area (Å²) in [6.45, 7) is 0. The molecule has 2 aromatic heterocycles. The number of nitrogens with zero attached hydrogens (tertiary/aromatic N) is 2. The number of hydrogen-bond donors (Lipinski definition) is 0. The van der Waals surface area contributed by atoms with Crippen molar-refractivity contribution in [2.45, 2.75) is 0 Å². The van der Waals surface area contributed by atoms with Crippen LogP contribution < -0.4 is 4.90 Å². The molecule has 0 spiro atoms. The average molecular weight is 855 g/mol. The molecular weight excluding hydrogens is 813 g/mol. The van der Waals surface area contributed by atoms with E-state index in [1.807, 2.05) is 0 Å². The third-order valence-corrected chi connectivity index (χ3v) is 13.4. The van der Waals surface area contributed by atoms with Gasteiger partial charge in [-0.15, -0.1) is 0 Å². The Bertz CT molecular complexity index is 3940. The van der Waals surface area contributed by atoms with Crippen LogP contribution in [0.5, 0.6) is 0 Å². The molecule has 3 nitrogen and oxygen atoms in total. The fraction of sp³-hybridized carbons (Fsp3) is 0. The van der Waals surface area contributed by atoms with Gasteiger partial charge in [0.25, 0.3) is 0 Å². The minimum atomic E-state index is 0.885. The van der Waals surface area contributed by atoms with E-state index in [1.165, 1.54) is 33.0 Å². The van der Waals surface area contributed by atoms with Crippen LogP contribution >= 0.6 is 0 Å². The highest BCUT2D eigenvalue weighted by atomic mass is 16.3. The Balaban J connectivity index is 1.04. The number of hydrogen-bond acceptors (Lipinski definition) is 2. The first-order valence-electron chi connectivity index (χ1n) is 22.9. The molecule has 3 heteroatoms. The normalized spacial score (nSPS) is 11.6. The second kappa shape index (κ2) is 16.0. The average Bonchev–Trinajstić information content (AvgIpc) is 3.96. The van der Waals surface area contributed by atoms with Crippen LogP contribution in [0.25, 0.3) is 105 Å². The van der Waals surface area contributed by atoms with Gasteiger partial charge in [-0.1, -0.05) is 188 Å². The molecule has 0 fully saturated rings. The topological polar surface area (TPSA) is 21.3 Å². The highest BCUT2D eigenvalue weighted by molar-refractivity contribution is 6.27. The molecule has 0 saturated heterocycles. The molecule has 0 aliphatic rings. The van der Waals surface area contributed by atoms with E-state index in [9.17, 15) is 0 Å². The van der Waals surface area contributed by atoms with Crippen LogP contribution in [-0.4, -0.2) is 4.57 Å². The van der Waals surface area contributed by atoms with Gasteiger partial charge in [-0.3, -0.25) is 0 Å². The van der Waals surface area contributed by atoms with Gasteiger partial charge in [0.15, 0.2) is 0 Å². The molecule has 0 amide bonds. The summed E-state index contributed by atoms with van der Waals surface area (Å²) < 4.78 is 9.27. The monoisotopic (exact) mass is 854 g/mol. The number of fused-ring (bicyclic) bond motifs is 8. The summed E-state index contributed by atoms with van der Waals surface area (Å²) >= 11 is 0. The van der Waals surface area contributed by atoms with Crippen LogP contribution in [0.15, 0.2) is 259 Å². The first kappa shape index (κ1) is 38.5. The van der Waals surface area contributed by atoms with Gasteiger partial charge in [-0.05, 0) is 111 Å². The van der Waals surface area contributed by atoms with Crippen molar-refractivity contribution < 1.29 is 4.42 Å². The molecule has 0 N–H and O–H groups in total. The Kier molecular flexibility index (Phi) is 9.17. The van der Waals surface area contributed by atoms with Gasteiger partial charge < -0.3 is 13.9 Å². The Morgan fingerprint density at radius 2 is 0.881 bits per heavy atom. The van der Waals surface area contributed by atoms with Crippen molar-refractivity contribution >= 4 is 71.6 Å². The van der Waals surface area contributed by atoms with Gasteiger partial charge in [0.1, 0.15) is 11.2 Å². The SMILES string of the molecule is c1ccc(-c2ccc(N(c3ccc(-c4cc5c6ccccc6oc5c5c6ccccc6n(-c6ccc7ccccc7c6)c45)cc3)c3ccc(-c4ccccc4)cc3-c3ccccc3)cc2)cc1. The maximum Gasteiger partial charge on any atom is 0.145 e. The van der Waals surface area contributed by atoms with Crippen molar-refractivity contribution in [1.29, 1.82) is 0 Å². The lowest BCUT2D eigenvalue weighted by atomic mass is 9.95. The van der Waals surface area contributed by atoms with Crippen molar-refractivity contribution in [2.24, 2.45) is 0 Å². The second-order valence-electron chi connectivity index (χ2n) is 17.3. The first-order chi connectivity index (χ1) is 33.2. The summed E-state index contributed by atoms with van der Waals surface area (Å²) in [4.78, 5) is 2.41. The molecule has 0 saturated carbocycles. The number of furan rings is 1. The van der Waals surface area contributed by atoms with Gasteiger partial charge in [-0.25, -0.2) is 0 Å². The lowest BCUT2D eigenvalue weighted by Crippen LogP contribution is -2.11. The Labute approximate surface area is 388 Å². The third-order valence-electron chi connectivity index (χ3n) is 13.4. The summed E-state index contributed by atoms with van der Waals surface area (Å²) in [7, 11) is 0. The predicted molar refractivity (Wildman–Crippen MR) is 282 cm³/mol. The van der Waals surface area contributed by atoms with Gasteiger partial charge in [0, 0.05) is 44.3 Å². The standard InChI is InChI=1S/C64H42N2O/c1-4-16-43(17-5-1)46-28-34-51(35-29-46)65(60-39-33-50(44-18-6-2-7-19-44)41-56(60)47-21-8-3-9-22-47)52-36-31-48(32-37-52)57-42-58-54-24-13-15-27-61(54)67-64(58)62-55-25-12-14-26-59(55)66(63(57)62)53-38-30-45-20-10-11-23-49(45)40-53/h1-42H. The maximum absolute atomic E-state index is 6.83. The quantitative estimate of drug-likeness (QED) is 0.152. The van der Waals surface area contributed by atoms with E-state index < -0.39 is 0 Å². The van der Waals surface area contributed by atoms with E-state index in [1.54, 1.807) is 0 Å². The minimum Gasteiger partial charge on any atom is -0.455 e. The maximum atomic E-state index is 6.83. The molecule has 0 bridgehead atoms. The first-order valence-corrected chi connectivity index (χ1v) is 22.9. The van der Waals surface area contributed by atoms with E-state index in [-0.39, 0.29) is 0 Å². The lowest BCUT2D eigenvalue weighted by molar-refractivity contribution is 0.673. The number of aromatic nitrogens is 1. The van der Waals surface area contributed by atoms with E-state index in [0.29, 0.717) is 0 Å². The molecule has 314 valence electrons. The van der Waals surface area contributed by atoms with Crippen LogP contribution in [0.4, 0.5) is 17.1 Å². The summed E-state index contributed by atoms with van der Waals surface area (Å²) in [5, 5.41) is 6.90. The predicted octanol–water partition coefficient (Wildman–Crippen LogP) is 18.0. The molecule has 0 atom stereocenters. The zero-order valence-corrected chi connectivity index (χ0v) is 36.6. The molecule has 0 radical (unpaired) electrons. The fourth-order valence-corrected chi connectivity index (χ4v) is 10.2. The van der Waals surface area contributed by atoms with E-state index in [2.05, 4.69) is 264 Å². The van der Waals surface area contributed by atoms with Crippen molar-refractivity contribution in [3.8, 4) is 50.2 Å². The summed E-state index contributed by atoms with van der Waals surface area (Å²) in [5.74, 6) is 0. The lowest BCUT2D eigenvalue weighted by Gasteiger charge is -2.29. The summed E-state index contributed by atoms with van der Waals surface area (Å²) in [6, 6.07) is 91.9. The molecule has 0 aliphatic heterocycles. The molecule has 11 aromatic carbocycles. The fourth-order valence-electron chi connectivity index (χ4n) is 10.2. The Morgan fingerprint density at radius 1 is 0.343 bits per heavy atom. The molecule has 0 unspecified atom stereocenters. The third kappa shape index (κ3) is 6.59. The highest BCUT2D eigenvalue weighted by Gasteiger charge is 2.24. The molecular formula is C64H42N2O. The number of rotatable bonds is 8. The summed E-state index contributed by atoms with van der Waals surface area (Å²) in [6.07, 6.45) is 0. The Morgan fingerprint density at radius 3 is 1.60 bits per heavy atom. The molecule has 13 aromatic rings. The van der Waals surface area contributed by atoms with Gasteiger partial charge >= 0.3 is 0 Å². The van der Waals surface area contributed by atoms with E-state index in [4.69, 9.17) is 4.42 Å². The van der Waals surface area contributed by atoms with Crippen LogP contribution in [-0.2, 0) is 0 Å². The highest BCUT2D eigenvalue weighted by Crippen LogP contribution is 2.47. The van der Waals surface area contributed by atoms with Crippen LogP contribution in [0.1, 0.15) is 0 Å². The largest absolute Gasteiger partial charge is 0.455 e. The van der Waals surface area contributed by atoms with Gasteiger partial charge in [0.05, 0.1) is 22.1 Å². The van der Waals surface area contributed by atoms with Crippen LogP contribution in [0.3, 0.4) is 0 Å². The van der Waals surface area contributed by atoms with Crippen molar-refractivity contribution in [3.63, 3.8) is 0 Å².